The first-order valence-electron chi connectivity index (χ1n) is 12.4. The fourth-order valence-corrected chi connectivity index (χ4v) is 6.64. The molecule has 2 N–H and O–H groups in total. The summed E-state index contributed by atoms with van der Waals surface area (Å²) in [6.45, 7) is 0. The Morgan fingerprint density at radius 2 is 1.88 bits per heavy atom. The summed E-state index contributed by atoms with van der Waals surface area (Å²) in [5, 5.41) is 23.7. The number of amides is 2. The van der Waals surface area contributed by atoms with Crippen molar-refractivity contribution in [2.24, 2.45) is 7.05 Å². The molecule has 14 heteroatoms. The molecule has 3 atom stereocenters. The fourth-order valence-electron chi connectivity index (χ4n) is 4.30. The zero-order valence-corrected chi connectivity index (χ0v) is 23.2. The van der Waals surface area contributed by atoms with E-state index in [0.29, 0.717) is 22.0 Å². The van der Waals surface area contributed by atoms with E-state index in [-0.39, 0.29) is 11.4 Å². The summed E-state index contributed by atoms with van der Waals surface area (Å²) >= 11 is 2.60. The summed E-state index contributed by atoms with van der Waals surface area (Å²) in [6, 6.07) is 16.6. The van der Waals surface area contributed by atoms with E-state index in [9.17, 15) is 24.3 Å². The maximum Gasteiger partial charge on any atom is 0.352 e. The Morgan fingerprint density at radius 1 is 1.17 bits per heavy atom. The van der Waals surface area contributed by atoms with Gasteiger partial charge in [0.15, 0.2) is 0 Å². The standard InChI is InChI=1S/C27H24N6O6S2/c1-32-27(29-30-31-32)41-15-18-14-40-25-20(24(36)33(25)21(18)26(37)38)28-23(35)22(17-10-6-3-7-11-17)39-19(34)13-12-16-8-4-2-5-9-16/h2-13,20,22,25H,14-15H2,1H3,(H,28,35)(H,37,38)/t20?,22-,25-/m1/s1. The molecule has 0 spiro atoms. The van der Waals surface area contributed by atoms with Crippen LogP contribution in [0.15, 0.2) is 83.2 Å². The summed E-state index contributed by atoms with van der Waals surface area (Å²) in [6.07, 6.45) is 1.48. The van der Waals surface area contributed by atoms with Gasteiger partial charge in [-0.2, -0.15) is 0 Å². The molecule has 1 fully saturated rings. The molecular weight excluding hydrogens is 568 g/mol. The lowest BCUT2D eigenvalue weighted by Crippen LogP contribution is -2.71. The fraction of sp³-hybridized carbons (Fsp3) is 0.222. The van der Waals surface area contributed by atoms with Crippen molar-refractivity contribution in [3.8, 4) is 0 Å². The highest BCUT2D eigenvalue weighted by Gasteiger charge is 2.54. The second-order valence-electron chi connectivity index (χ2n) is 9.00. The van der Waals surface area contributed by atoms with Gasteiger partial charge < -0.3 is 15.2 Å². The number of carbonyl (C=O) groups excluding carboxylic acids is 3. The topological polar surface area (TPSA) is 157 Å². The van der Waals surface area contributed by atoms with Gasteiger partial charge in [0.2, 0.25) is 11.3 Å². The van der Waals surface area contributed by atoms with Crippen LogP contribution in [0.3, 0.4) is 0 Å². The molecule has 2 amide bonds. The number of hydrogen-bond donors (Lipinski definition) is 2. The highest BCUT2D eigenvalue weighted by Crippen LogP contribution is 2.41. The number of rotatable bonds is 10. The lowest BCUT2D eigenvalue weighted by atomic mass is 10.0. The monoisotopic (exact) mass is 592 g/mol. The van der Waals surface area contributed by atoms with Gasteiger partial charge in [0.05, 0.1) is 0 Å². The molecule has 0 bridgehead atoms. The van der Waals surface area contributed by atoms with Crippen molar-refractivity contribution in [2.45, 2.75) is 22.7 Å². The van der Waals surface area contributed by atoms with E-state index in [0.717, 1.165) is 5.56 Å². The van der Waals surface area contributed by atoms with Crippen LogP contribution in [-0.2, 0) is 31.0 Å². The number of hydrogen-bond acceptors (Lipinski definition) is 10. The van der Waals surface area contributed by atoms with E-state index in [4.69, 9.17) is 4.74 Å². The smallest absolute Gasteiger partial charge is 0.352 e. The summed E-state index contributed by atoms with van der Waals surface area (Å²) < 4.78 is 6.99. The number of aromatic nitrogens is 4. The van der Waals surface area contributed by atoms with Gasteiger partial charge in [-0.05, 0) is 27.6 Å². The molecule has 0 saturated carbocycles. The van der Waals surface area contributed by atoms with Gasteiger partial charge in [-0.1, -0.05) is 72.4 Å². The number of β-lactam (4-membered cyclic amide) rings is 1. The maximum absolute atomic E-state index is 13.4. The summed E-state index contributed by atoms with van der Waals surface area (Å²) in [5.74, 6) is -2.60. The van der Waals surface area contributed by atoms with Crippen molar-refractivity contribution < 1.29 is 29.0 Å². The van der Waals surface area contributed by atoms with Gasteiger partial charge in [-0.15, -0.1) is 16.9 Å². The molecule has 5 rings (SSSR count). The lowest BCUT2D eigenvalue weighted by Gasteiger charge is -2.49. The maximum atomic E-state index is 13.4. The summed E-state index contributed by atoms with van der Waals surface area (Å²) in [4.78, 5) is 52.5. The van der Waals surface area contributed by atoms with Crippen molar-refractivity contribution in [2.75, 3.05) is 11.5 Å². The zero-order chi connectivity index (χ0) is 28.9. The van der Waals surface area contributed by atoms with E-state index < -0.39 is 41.3 Å². The van der Waals surface area contributed by atoms with Crippen molar-refractivity contribution in [3.63, 3.8) is 0 Å². The second kappa shape index (κ2) is 12.4. The number of aliphatic carboxylic acids is 1. The molecule has 210 valence electrons. The molecule has 3 aromatic rings. The normalized spacial score (nSPS) is 19.0. The third-order valence-electron chi connectivity index (χ3n) is 6.29. The van der Waals surface area contributed by atoms with Gasteiger partial charge in [0.1, 0.15) is 17.1 Å². The number of tetrazole rings is 1. The number of fused-ring (bicyclic) bond motifs is 1. The van der Waals surface area contributed by atoms with Gasteiger partial charge in [0.25, 0.3) is 11.8 Å². The van der Waals surface area contributed by atoms with Crippen LogP contribution in [0.2, 0.25) is 0 Å². The average Bonchev–Trinajstić information content (AvgIpc) is 3.40. The van der Waals surface area contributed by atoms with E-state index in [1.165, 1.54) is 39.2 Å². The van der Waals surface area contributed by atoms with Crippen LogP contribution in [0, 0.1) is 0 Å². The Morgan fingerprint density at radius 3 is 2.54 bits per heavy atom. The Labute approximate surface area is 242 Å². The molecule has 0 radical (unpaired) electrons. The van der Waals surface area contributed by atoms with Crippen molar-refractivity contribution in [1.82, 2.24) is 30.4 Å². The van der Waals surface area contributed by atoms with E-state index in [2.05, 4.69) is 20.8 Å². The van der Waals surface area contributed by atoms with Crippen LogP contribution in [-0.4, -0.2) is 76.9 Å². The molecule has 3 heterocycles. The number of carboxylic acid groups (broad SMARTS) is 1. The number of thioether (sulfide) groups is 2. The van der Waals surface area contributed by atoms with Crippen molar-refractivity contribution in [3.05, 3.63) is 89.1 Å². The Hall–Kier alpha value is -4.43. The predicted molar refractivity (Wildman–Crippen MR) is 150 cm³/mol. The summed E-state index contributed by atoms with van der Waals surface area (Å²) in [5.41, 5.74) is 1.65. The minimum atomic E-state index is -1.32. The Bertz CT molecular complexity index is 1530. The van der Waals surface area contributed by atoms with Gasteiger partial charge in [-0.25, -0.2) is 14.3 Å². The van der Waals surface area contributed by atoms with Crippen LogP contribution < -0.4 is 5.32 Å². The average molecular weight is 593 g/mol. The Kier molecular flexibility index (Phi) is 8.50. The van der Waals surface area contributed by atoms with E-state index in [1.807, 2.05) is 30.3 Å². The molecule has 0 aliphatic carbocycles. The number of benzene rings is 2. The molecule has 2 aliphatic heterocycles. The molecule has 1 aromatic heterocycles. The minimum absolute atomic E-state index is 0.107. The Balaban J connectivity index is 1.29. The third-order valence-corrected chi connectivity index (χ3v) is 8.73. The van der Waals surface area contributed by atoms with E-state index in [1.54, 1.807) is 43.5 Å². The third kappa shape index (κ3) is 6.18. The molecular formula is C27H24N6O6S2. The molecule has 1 saturated heterocycles. The second-order valence-corrected chi connectivity index (χ2v) is 11.0. The molecule has 2 aliphatic rings. The van der Waals surface area contributed by atoms with Crippen LogP contribution in [0.25, 0.3) is 6.08 Å². The number of aryl methyl sites for hydroxylation is 1. The number of nitrogens with one attached hydrogen (secondary N) is 1. The molecule has 2 aromatic carbocycles. The predicted octanol–water partition coefficient (Wildman–Crippen LogP) is 2.04. The van der Waals surface area contributed by atoms with Crippen LogP contribution in [0.5, 0.6) is 0 Å². The lowest BCUT2D eigenvalue weighted by molar-refractivity contribution is -0.156. The van der Waals surface area contributed by atoms with Gasteiger partial charge in [0, 0.05) is 30.2 Å². The van der Waals surface area contributed by atoms with Gasteiger partial charge in [-0.3, -0.25) is 14.5 Å². The number of ether oxygens (including phenoxy) is 1. The highest BCUT2D eigenvalue weighted by molar-refractivity contribution is 8.01. The molecule has 1 unspecified atom stereocenters. The zero-order valence-electron chi connectivity index (χ0n) is 21.6. The first-order valence-corrected chi connectivity index (χ1v) is 14.4. The van der Waals surface area contributed by atoms with E-state index >= 15 is 0 Å². The molecule has 12 nitrogen and oxygen atoms in total. The van der Waals surface area contributed by atoms with Crippen molar-refractivity contribution >= 4 is 53.4 Å². The number of carbonyl (C=O) groups is 4. The molecule has 41 heavy (non-hydrogen) atoms. The first-order chi connectivity index (χ1) is 19.8. The van der Waals surface area contributed by atoms with Crippen molar-refractivity contribution in [1.29, 1.82) is 0 Å². The van der Waals surface area contributed by atoms with Crippen LogP contribution >= 0.6 is 23.5 Å². The summed E-state index contributed by atoms with van der Waals surface area (Å²) in [7, 11) is 1.67. The number of esters is 1. The SMILES string of the molecule is Cn1nnnc1SCC1=C(C(=O)O)N2C(=O)C(NC(=O)[C@H](OC(=O)C=Cc3ccccc3)c3ccccc3)[C@H]2SC1. The van der Waals surface area contributed by atoms with Crippen LogP contribution in [0.4, 0.5) is 0 Å². The largest absolute Gasteiger partial charge is 0.477 e. The minimum Gasteiger partial charge on any atom is -0.477 e. The first kappa shape index (κ1) is 28.1. The quantitative estimate of drug-likeness (QED) is 0.154. The van der Waals surface area contributed by atoms with Gasteiger partial charge >= 0.3 is 11.9 Å². The highest BCUT2D eigenvalue weighted by atomic mass is 32.2. The number of carboxylic acids is 1. The van der Waals surface area contributed by atoms with Crippen LogP contribution in [0.1, 0.15) is 17.2 Å². The number of nitrogens with zero attached hydrogens (tertiary/aromatic N) is 5.